The second-order valence-corrected chi connectivity index (χ2v) is 9.04. The standard InChI is InChI=1S/C20H23ClN2O3S/c1-12-10-13(2)15(4)20(14(12)3)27(25,26)22-16-7-8-18(17(21)11-16)23-9-5-6-19(23)24/h7-8,10-11,22H,5-6,9H2,1-4H3. The molecule has 0 aliphatic carbocycles. The number of carbonyl (C=O) groups is 1. The molecule has 144 valence electrons. The minimum Gasteiger partial charge on any atom is -0.311 e. The quantitative estimate of drug-likeness (QED) is 0.812. The lowest BCUT2D eigenvalue weighted by molar-refractivity contribution is -0.117. The Bertz CT molecular complexity index is 1010. The van der Waals surface area contributed by atoms with E-state index in [4.69, 9.17) is 11.6 Å². The summed E-state index contributed by atoms with van der Waals surface area (Å²) in [4.78, 5) is 13.9. The number of hydrogen-bond donors (Lipinski definition) is 1. The van der Waals surface area contributed by atoms with Crippen molar-refractivity contribution in [2.24, 2.45) is 0 Å². The van der Waals surface area contributed by atoms with Gasteiger partial charge in [-0.05, 0) is 74.6 Å². The highest BCUT2D eigenvalue weighted by molar-refractivity contribution is 7.92. The summed E-state index contributed by atoms with van der Waals surface area (Å²) in [6.07, 6.45) is 1.31. The smallest absolute Gasteiger partial charge is 0.262 e. The van der Waals surface area contributed by atoms with Gasteiger partial charge in [0.15, 0.2) is 0 Å². The van der Waals surface area contributed by atoms with Gasteiger partial charge in [-0.1, -0.05) is 17.7 Å². The van der Waals surface area contributed by atoms with Crippen molar-refractivity contribution < 1.29 is 13.2 Å². The normalized spacial score (nSPS) is 14.7. The topological polar surface area (TPSA) is 66.5 Å². The van der Waals surface area contributed by atoms with E-state index in [2.05, 4.69) is 4.72 Å². The van der Waals surface area contributed by atoms with E-state index in [-0.39, 0.29) is 5.91 Å². The Labute approximate surface area is 165 Å². The molecule has 1 aliphatic rings. The highest BCUT2D eigenvalue weighted by atomic mass is 35.5. The van der Waals surface area contributed by atoms with Gasteiger partial charge >= 0.3 is 0 Å². The molecular weight excluding hydrogens is 384 g/mol. The number of anilines is 2. The number of nitrogens with zero attached hydrogens (tertiary/aromatic N) is 1. The van der Waals surface area contributed by atoms with Crippen molar-refractivity contribution in [3.63, 3.8) is 0 Å². The van der Waals surface area contributed by atoms with Crippen molar-refractivity contribution >= 4 is 38.9 Å². The van der Waals surface area contributed by atoms with Crippen molar-refractivity contribution in [1.29, 1.82) is 0 Å². The Morgan fingerprint density at radius 2 is 1.67 bits per heavy atom. The summed E-state index contributed by atoms with van der Waals surface area (Å²) in [6.45, 7) is 8.06. The molecule has 2 aromatic rings. The van der Waals surface area contributed by atoms with E-state index in [1.165, 1.54) is 0 Å². The van der Waals surface area contributed by atoms with E-state index < -0.39 is 10.0 Å². The molecule has 5 nitrogen and oxygen atoms in total. The molecule has 7 heteroatoms. The Kier molecular flexibility index (Phi) is 5.23. The molecule has 27 heavy (non-hydrogen) atoms. The lowest BCUT2D eigenvalue weighted by atomic mass is 10.0. The molecule has 2 aromatic carbocycles. The van der Waals surface area contributed by atoms with E-state index in [1.807, 2.05) is 33.8 Å². The highest BCUT2D eigenvalue weighted by Gasteiger charge is 2.25. The number of hydrogen-bond acceptors (Lipinski definition) is 3. The molecule has 0 radical (unpaired) electrons. The third kappa shape index (κ3) is 3.69. The van der Waals surface area contributed by atoms with Gasteiger partial charge in [-0.15, -0.1) is 0 Å². The maximum Gasteiger partial charge on any atom is 0.262 e. The molecule has 1 amide bonds. The number of amides is 1. The zero-order valence-corrected chi connectivity index (χ0v) is 17.5. The van der Waals surface area contributed by atoms with Gasteiger partial charge in [0, 0.05) is 13.0 Å². The maximum atomic E-state index is 13.0. The van der Waals surface area contributed by atoms with Crippen molar-refractivity contribution in [2.75, 3.05) is 16.2 Å². The van der Waals surface area contributed by atoms with Crippen LogP contribution in [0.2, 0.25) is 5.02 Å². The van der Waals surface area contributed by atoms with Crippen LogP contribution in [-0.2, 0) is 14.8 Å². The van der Waals surface area contributed by atoms with Gasteiger partial charge in [-0.3, -0.25) is 9.52 Å². The number of halogens is 1. The number of sulfonamides is 1. The molecule has 0 unspecified atom stereocenters. The molecule has 1 aliphatic heterocycles. The number of aryl methyl sites for hydroxylation is 2. The van der Waals surface area contributed by atoms with Gasteiger partial charge in [0.25, 0.3) is 10.0 Å². The van der Waals surface area contributed by atoms with Crippen LogP contribution in [0.4, 0.5) is 11.4 Å². The number of rotatable bonds is 4. The van der Waals surface area contributed by atoms with E-state index in [9.17, 15) is 13.2 Å². The lowest BCUT2D eigenvalue weighted by Crippen LogP contribution is -2.24. The summed E-state index contributed by atoms with van der Waals surface area (Å²) < 4.78 is 28.7. The van der Waals surface area contributed by atoms with E-state index in [0.29, 0.717) is 34.3 Å². The Morgan fingerprint density at radius 1 is 1.04 bits per heavy atom. The van der Waals surface area contributed by atoms with Crippen LogP contribution in [0.1, 0.15) is 35.1 Å². The molecule has 1 heterocycles. The zero-order chi connectivity index (χ0) is 19.9. The monoisotopic (exact) mass is 406 g/mol. The maximum absolute atomic E-state index is 13.0. The average Bonchev–Trinajstić information content (AvgIpc) is 2.98. The van der Waals surface area contributed by atoms with Crippen molar-refractivity contribution in [3.05, 3.63) is 51.5 Å². The molecule has 0 spiro atoms. The Balaban J connectivity index is 1.96. The second-order valence-electron chi connectivity index (χ2n) is 7.01. The van der Waals surface area contributed by atoms with E-state index in [0.717, 1.165) is 28.7 Å². The Hall–Kier alpha value is -2.05. The largest absolute Gasteiger partial charge is 0.311 e. The van der Waals surface area contributed by atoms with Crippen LogP contribution in [0.3, 0.4) is 0 Å². The first-order chi connectivity index (χ1) is 12.6. The summed E-state index contributed by atoms with van der Waals surface area (Å²) in [5, 5.41) is 0.347. The van der Waals surface area contributed by atoms with E-state index in [1.54, 1.807) is 23.1 Å². The van der Waals surface area contributed by atoms with Crippen LogP contribution in [0.15, 0.2) is 29.2 Å². The van der Waals surface area contributed by atoms with E-state index >= 15 is 0 Å². The summed E-state index contributed by atoms with van der Waals surface area (Å²) in [5.41, 5.74) is 4.31. The Morgan fingerprint density at radius 3 is 2.19 bits per heavy atom. The first-order valence-electron chi connectivity index (χ1n) is 8.82. The summed E-state index contributed by atoms with van der Waals surface area (Å²) in [5.74, 6) is 0.0340. The van der Waals surface area contributed by atoms with Crippen molar-refractivity contribution in [2.45, 2.75) is 45.4 Å². The predicted octanol–water partition coefficient (Wildman–Crippen LogP) is 4.50. The molecule has 0 atom stereocenters. The number of benzene rings is 2. The van der Waals surface area contributed by atoms with Gasteiger partial charge in [-0.25, -0.2) is 8.42 Å². The van der Waals surface area contributed by atoms with Gasteiger partial charge in [0.1, 0.15) is 0 Å². The third-order valence-electron chi connectivity index (χ3n) is 5.13. The van der Waals surface area contributed by atoms with Crippen LogP contribution < -0.4 is 9.62 Å². The fraction of sp³-hybridized carbons (Fsp3) is 0.350. The molecule has 1 saturated heterocycles. The molecule has 0 aromatic heterocycles. The first kappa shape index (κ1) is 19.7. The first-order valence-corrected chi connectivity index (χ1v) is 10.7. The van der Waals surface area contributed by atoms with Crippen molar-refractivity contribution in [1.82, 2.24) is 0 Å². The van der Waals surface area contributed by atoms with Gasteiger partial charge in [0.05, 0.1) is 21.3 Å². The molecule has 1 fully saturated rings. The van der Waals surface area contributed by atoms with Crippen LogP contribution in [0, 0.1) is 27.7 Å². The summed E-state index contributed by atoms with van der Waals surface area (Å²) in [6, 6.07) is 6.86. The van der Waals surface area contributed by atoms with Crippen LogP contribution >= 0.6 is 11.6 Å². The molecule has 3 rings (SSSR count). The number of nitrogens with one attached hydrogen (secondary N) is 1. The van der Waals surface area contributed by atoms with Crippen LogP contribution in [0.25, 0.3) is 0 Å². The molecule has 0 bridgehead atoms. The molecule has 0 saturated carbocycles. The second kappa shape index (κ2) is 7.17. The fourth-order valence-electron chi connectivity index (χ4n) is 3.48. The van der Waals surface area contributed by atoms with Crippen LogP contribution in [-0.4, -0.2) is 20.9 Å². The SMILES string of the molecule is Cc1cc(C)c(C)c(S(=O)(=O)Nc2ccc(N3CCCC3=O)c(Cl)c2)c1C. The number of carbonyl (C=O) groups excluding carboxylic acids is 1. The summed E-state index contributed by atoms with van der Waals surface area (Å²) >= 11 is 6.33. The molecular formula is C20H23ClN2O3S. The lowest BCUT2D eigenvalue weighted by Gasteiger charge is -2.19. The predicted molar refractivity (Wildman–Crippen MR) is 109 cm³/mol. The van der Waals surface area contributed by atoms with Gasteiger partial charge < -0.3 is 4.90 Å². The third-order valence-corrected chi connectivity index (χ3v) is 7.09. The summed E-state index contributed by atoms with van der Waals surface area (Å²) in [7, 11) is -3.77. The zero-order valence-electron chi connectivity index (χ0n) is 15.9. The fourth-order valence-corrected chi connectivity index (χ4v) is 5.43. The average molecular weight is 407 g/mol. The highest BCUT2D eigenvalue weighted by Crippen LogP contribution is 2.33. The van der Waals surface area contributed by atoms with Gasteiger partial charge in [0.2, 0.25) is 5.91 Å². The molecule has 1 N–H and O–H groups in total. The van der Waals surface area contributed by atoms with Gasteiger partial charge in [-0.2, -0.15) is 0 Å². The van der Waals surface area contributed by atoms with Crippen molar-refractivity contribution in [3.8, 4) is 0 Å². The minimum atomic E-state index is -3.77. The van der Waals surface area contributed by atoms with Crippen LogP contribution in [0.5, 0.6) is 0 Å². The minimum absolute atomic E-state index is 0.0340.